The average molecular weight is 376 g/mol. The lowest BCUT2D eigenvalue weighted by atomic mass is 9.71. The van der Waals surface area contributed by atoms with Crippen LogP contribution in [0.1, 0.15) is 19.4 Å². The monoisotopic (exact) mass is 376 g/mol. The lowest BCUT2D eigenvalue weighted by Crippen LogP contribution is -2.71. The van der Waals surface area contributed by atoms with Gasteiger partial charge in [-0.15, -0.1) is 0 Å². The Labute approximate surface area is 147 Å². The zero-order chi connectivity index (χ0) is 19.3. The van der Waals surface area contributed by atoms with Crippen LogP contribution in [-0.2, 0) is 4.74 Å². The summed E-state index contributed by atoms with van der Waals surface area (Å²) < 4.78 is 60.6. The first kappa shape index (κ1) is 19.2. The summed E-state index contributed by atoms with van der Waals surface area (Å²) in [7, 11) is 0. The van der Waals surface area contributed by atoms with E-state index in [2.05, 4.69) is 4.99 Å². The topological polar surface area (TPSA) is 65.3 Å². The summed E-state index contributed by atoms with van der Waals surface area (Å²) in [4.78, 5) is 4.24. The molecule has 5 nitrogen and oxygen atoms in total. The van der Waals surface area contributed by atoms with Gasteiger partial charge in [-0.25, -0.2) is 4.39 Å². The van der Waals surface area contributed by atoms with Gasteiger partial charge in [-0.3, -0.25) is 4.99 Å². The van der Waals surface area contributed by atoms with Gasteiger partial charge in [0.25, 0.3) is 0 Å². The van der Waals surface area contributed by atoms with Crippen molar-refractivity contribution in [3.63, 3.8) is 0 Å². The molecule has 1 saturated heterocycles. The first-order valence-electron chi connectivity index (χ1n) is 8.20. The van der Waals surface area contributed by atoms with Crippen LogP contribution in [0.3, 0.4) is 0 Å². The third kappa shape index (κ3) is 2.74. The Morgan fingerprint density at radius 1 is 1.27 bits per heavy atom. The highest BCUT2D eigenvalue weighted by molar-refractivity contribution is 6.05. The van der Waals surface area contributed by atoms with Crippen LogP contribution in [0.4, 0.5) is 17.6 Å². The molecular weight excluding hydrogens is 356 g/mol. The number of rotatable bonds is 2. The van der Waals surface area contributed by atoms with Crippen molar-refractivity contribution >= 4 is 5.71 Å². The van der Waals surface area contributed by atoms with Crippen molar-refractivity contribution in [1.29, 1.82) is 0 Å². The molecule has 3 rings (SSSR count). The molecule has 1 aromatic carbocycles. The van der Waals surface area contributed by atoms with Crippen molar-refractivity contribution in [3.05, 3.63) is 35.6 Å². The molecular formula is C17H20F4N2O3. The Morgan fingerprint density at radius 2 is 1.88 bits per heavy atom. The van der Waals surface area contributed by atoms with Gasteiger partial charge < -0.3 is 15.1 Å². The summed E-state index contributed by atoms with van der Waals surface area (Å²) in [5.74, 6) is -1.45. The molecule has 2 aliphatic rings. The normalized spacial score (nSPS) is 36.2. The fourth-order valence-corrected chi connectivity index (χ4v) is 3.75. The minimum atomic E-state index is -4.83. The van der Waals surface area contributed by atoms with Crippen molar-refractivity contribution in [1.82, 2.24) is 5.06 Å². The summed E-state index contributed by atoms with van der Waals surface area (Å²) in [6.07, 6.45) is -6.12. The Morgan fingerprint density at radius 3 is 2.42 bits per heavy atom. The average Bonchev–Trinajstić information content (AvgIpc) is 2.80. The third-order valence-corrected chi connectivity index (χ3v) is 5.51. The zero-order valence-corrected chi connectivity index (χ0v) is 14.3. The van der Waals surface area contributed by atoms with Crippen LogP contribution in [0.5, 0.6) is 0 Å². The molecule has 26 heavy (non-hydrogen) atoms. The van der Waals surface area contributed by atoms with Crippen molar-refractivity contribution in [2.24, 2.45) is 10.9 Å². The van der Waals surface area contributed by atoms with Crippen molar-refractivity contribution < 1.29 is 32.6 Å². The fourth-order valence-electron chi connectivity index (χ4n) is 3.75. The van der Waals surface area contributed by atoms with Gasteiger partial charge in [0.2, 0.25) is 5.60 Å². The molecule has 2 heterocycles. The number of ether oxygens (including phenoxy) is 1. The van der Waals surface area contributed by atoms with E-state index < -0.39 is 41.7 Å². The first-order chi connectivity index (χ1) is 12.0. The second-order valence-electron chi connectivity index (χ2n) is 6.95. The van der Waals surface area contributed by atoms with Crippen LogP contribution >= 0.6 is 0 Å². The molecule has 0 saturated carbocycles. The van der Waals surface area contributed by atoms with Crippen molar-refractivity contribution in [2.75, 3.05) is 19.7 Å². The number of benzene rings is 1. The molecule has 0 spiro atoms. The highest BCUT2D eigenvalue weighted by Gasteiger charge is 2.71. The number of aliphatic imine (C=N–C) groups is 1. The van der Waals surface area contributed by atoms with Gasteiger partial charge in [-0.1, -0.05) is 19.1 Å². The smallest absolute Gasteiger partial charge is 0.386 e. The molecule has 2 aliphatic heterocycles. The minimum absolute atomic E-state index is 0.0438. The van der Waals surface area contributed by atoms with Crippen molar-refractivity contribution in [2.45, 2.75) is 37.3 Å². The first-order valence-corrected chi connectivity index (χ1v) is 8.20. The Kier molecular flexibility index (Phi) is 4.63. The van der Waals surface area contributed by atoms with Gasteiger partial charge in [-0.05, 0) is 24.6 Å². The maximum Gasteiger partial charge on any atom is 0.421 e. The highest BCUT2D eigenvalue weighted by atomic mass is 19.4. The summed E-state index contributed by atoms with van der Waals surface area (Å²) in [5, 5.41) is 20.9. The number of alkyl halides is 3. The van der Waals surface area contributed by atoms with Crippen LogP contribution in [0, 0.1) is 11.7 Å². The molecule has 0 aromatic heterocycles. The van der Waals surface area contributed by atoms with Crippen molar-refractivity contribution in [3.8, 4) is 0 Å². The van der Waals surface area contributed by atoms with Crippen LogP contribution in [-0.4, -0.2) is 64.2 Å². The van der Waals surface area contributed by atoms with Crippen LogP contribution < -0.4 is 0 Å². The number of hydroxylamine groups is 2. The van der Waals surface area contributed by atoms with Gasteiger partial charge in [-0.2, -0.15) is 18.2 Å². The fraction of sp³-hybridized carbons (Fsp3) is 0.588. The number of aliphatic hydroxyl groups is 1. The number of aliphatic hydroxyl groups excluding tert-OH is 1. The maximum atomic E-state index is 14.1. The molecule has 9 heteroatoms. The van der Waals surface area contributed by atoms with E-state index in [1.54, 1.807) is 0 Å². The summed E-state index contributed by atoms with van der Waals surface area (Å²) in [6.45, 7) is 1.53. The number of halogens is 4. The summed E-state index contributed by atoms with van der Waals surface area (Å²) >= 11 is 0. The molecule has 144 valence electrons. The number of hydrogen-bond acceptors (Lipinski definition) is 5. The van der Waals surface area contributed by atoms with E-state index >= 15 is 0 Å². The van der Waals surface area contributed by atoms with Crippen LogP contribution in [0.15, 0.2) is 29.3 Å². The van der Waals surface area contributed by atoms with E-state index in [0.717, 1.165) is 12.1 Å². The lowest BCUT2D eigenvalue weighted by molar-refractivity contribution is -0.344. The number of hydrogen-bond donors (Lipinski definition) is 2. The van der Waals surface area contributed by atoms with Crippen LogP contribution in [0.2, 0.25) is 0 Å². The molecule has 0 radical (unpaired) electrons. The molecule has 1 fully saturated rings. The van der Waals surface area contributed by atoms with E-state index in [-0.39, 0.29) is 18.9 Å². The second kappa shape index (κ2) is 6.26. The Balaban J connectivity index is 2.12. The largest absolute Gasteiger partial charge is 0.421 e. The standard InChI is InChI=1S/C17H20F4N2O3/c1-10-14(24)13(11-3-5-12(18)6-4-11)22-15(10,2)16(17(19,20)21)9-23(25)7-8-26-16/h3-6,10,14,24-25H,7-9H2,1-2H3/t10?,14?,15-,16?/m1/s1. The van der Waals surface area contributed by atoms with Gasteiger partial charge in [0, 0.05) is 12.5 Å². The number of nitrogens with zero attached hydrogens (tertiary/aromatic N) is 2. The Bertz CT molecular complexity index is 709. The number of morpholine rings is 1. The molecule has 0 amide bonds. The predicted octanol–water partition coefficient (Wildman–Crippen LogP) is 2.41. The molecule has 4 atom stereocenters. The van der Waals surface area contributed by atoms with Gasteiger partial charge in [0.05, 0.1) is 18.9 Å². The highest BCUT2D eigenvalue weighted by Crippen LogP contribution is 2.52. The molecule has 0 aliphatic carbocycles. The maximum absolute atomic E-state index is 14.1. The second-order valence-corrected chi connectivity index (χ2v) is 6.95. The molecule has 0 bridgehead atoms. The summed E-state index contributed by atoms with van der Waals surface area (Å²) in [6, 6.07) is 5.01. The van der Waals surface area contributed by atoms with Gasteiger partial charge in [0.1, 0.15) is 17.5 Å². The lowest BCUT2D eigenvalue weighted by Gasteiger charge is -2.50. The van der Waals surface area contributed by atoms with Crippen LogP contribution in [0.25, 0.3) is 0 Å². The quantitative estimate of drug-likeness (QED) is 0.778. The zero-order valence-electron chi connectivity index (χ0n) is 14.3. The van der Waals surface area contributed by atoms with E-state index in [4.69, 9.17) is 4.74 Å². The van der Waals surface area contributed by atoms with Gasteiger partial charge >= 0.3 is 6.18 Å². The van der Waals surface area contributed by atoms with E-state index in [9.17, 15) is 27.9 Å². The predicted molar refractivity (Wildman–Crippen MR) is 84.6 cm³/mol. The summed E-state index contributed by atoms with van der Waals surface area (Å²) in [5.41, 5.74) is -4.28. The van der Waals surface area contributed by atoms with E-state index in [1.165, 1.54) is 26.0 Å². The molecule has 2 N–H and O–H groups in total. The minimum Gasteiger partial charge on any atom is -0.386 e. The van der Waals surface area contributed by atoms with Gasteiger partial charge in [0.15, 0.2) is 0 Å². The van der Waals surface area contributed by atoms with E-state index in [0.29, 0.717) is 10.6 Å². The van der Waals surface area contributed by atoms with E-state index in [1.807, 2.05) is 0 Å². The molecule has 1 aromatic rings. The Hall–Kier alpha value is -1.55. The third-order valence-electron chi connectivity index (χ3n) is 5.51. The SMILES string of the molecule is CC1C(O)C(c2ccc(F)cc2)=N[C@@]1(C)C1(C(F)(F)F)CN(O)CCO1. The molecule has 3 unspecified atom stereocenters.